The molecule has 8 heterocycles. The van der Waals surface area contributed by atoms with Gasteiger partial charge in [-0.1, -0.05) is 13.8 Å². The number of ether oxygens (including phenoxy) is 1. The molecule has 0 radical (unpaired) electrons. The molecule has 0 aliphatic carbocycles. The molecule has 3 aromatic heterocycles. The van der Waals surface area contributed by atoms with Gasteiger partial charge in [0.2, 0.25) is 0 Å². The van der Waals surface area contributed by atoms with Gasteiger partial charge in [-0.15, -0.1) is 0 Å². The van der Waals surface area contributed by atoms with Crippen molar-refractivity contribution in [2.45, 2.75) is 72.3 Å². The summed E-state index contributed by atoms with van der Waals surface area (Å²) in [5.41, 5.74) is 13.1. The van der Waals surface area contributed by atoms with E-state index in [0.29, 0.717) is 34.4 Å². The van der Waals surface area contributed by atoms with E-state index in [1.807, 2.05) is 32.0 Å². The third kappa shape index (κ3) is 4.69. The molecule has 252 valence electrons. The fraction of sp³-hybridized carbons (Fsp3) is 0.289. The number of rotatable bonds is 4. The first-order chi connectivity index (χ1) is 24.1. The Morgan fingerprint density at radius 1 is 0.880 bits per heavy atom. The minimum atomic E-state index is -0.718. The minimum Gasteiger partial charge on any atom is -0.455 e. The van der Waals surface area contributed by atoms with Gasteiger partial charge in [0.15, 0.2) is 0 Å². The summed E-state index contributed by atoms with van der Waals surface area (Å²) in [4.78, 5) is 75.8. The van der Waals surface area contributed by atoms with Gasteiger partial charge in [0.25, 0.3) is 17.7 Å². The average molecular weight is 670 g/mol. The number of H-pyrrole nitrogens is 2. The maximum absolute atomic E-state index is 14.6. The fourth-order valence-electron chi connectivity index (χ4n) is 7.71. The smallest absolute Gasteiger partial charge is 0.306 e. The second-order valence-corrected chi connectivity index (χ2v) is 13.1. The highest BCUT2D eigenvalue weighted by atomic mass is 16.5. The van der Waals surface area contributed by atoms with E-state index in [2.05, 4.69) is 41.1 Å². The zero-order valence-corrected chi connectivity index (χ0v) is 28.4. The summed E-state index contributed by atoms with van der Waals surface area (Å²) in [6, 6.07) is 8.82. The summed E-state index contributed by atoms with van der Waals surface area (Å²) in [7, 11) is 0. The van der Waals surface area contributed by atoms with Crippen LogP contribution in [0.3, 0.4) is 0 Å². The van der Waals surface area contributed by atoms with Gasteiger partial charge in [-0.3, -0.25) is 29.6 Å². The highest BCUT2D eigenvalue weighted by Crippen LogP contribution is 2.47. The number of aromatic nitrogens is 5. The monoisotopic (exact) mass is 669 g/mol. The molecule has 0 spiro atoms. The van der Waals surface area contributed by atoms with Crippen LogP contribution in [0.25, 0.3) is 33.3 Å². The van der Waals surface area contributed by atoms with Gasteiger partial charge in [-0.2, -0.15) is 5.01 Å². The lowest BCUT2D eigenvalue weighted by atomic mass is 9.88. The summed E-state index contributed by atoms with van der Waals surface area (Å²) >= 11 is 0. The van der Waals surface area contributed by atoms with E-state index in [4.69, 9.17) is 14.7 Å². The van der Waals surface area contributed by atoms with Crippen LogP contribution in [-0.2, 0) is 9.53 Å². The molecule has 12 heteroatoms. The zero-order valence-electron chi connectivity index (χ0n) is 28.4. The van der Waals surface area contributed by atoms with Gasteiger partial charge in [0, 0.05) is 41.5 Å². The third-order valence-corrected chi connectivity index (χ3v) is 10.4. The van der Waals surface area contributed by atoms with Crippen molar-refractivity contribution in [2.24, 2.45) is 0 Å². The molecule has 8 rings (SSSR count). The number of fused-ring (bicyclic) bond motifs is 11. The highest BCUT2D eigenvalue weighted by Gasteiger charge is 2.45. The first-order valence-electron chi connectivity index (χ1n) is 16.9. The third-order valence-electron chi connectivity index (χ3n) is 10.4. The van der Waals surface area contributed by atoms with Crippen LogP contribution in [0.1, 0.15) is 136 Å². The summed E-state index contributed by atoms with van der Waals surface area (Å²) in [5.74, 6) is -2.78. The fourth-order valence-corrected chi connectivity index (χ4v) is 7.71. The number of carbonyl (C=O) groups excluding carboxylic acids is 4. The molecule has 0 unspecified atom stereocenters. The van der Waals surface area contributed by atoms with Crippen LogP contribution in [0.4, 0.5) is 0 Å². The van der Waals surface area contributed by atoms with Crippen LogP contribution in [0.2, 0.25) is 0 Å². The number of amides is 3. The van der Waals surface area contributed by atoms with Gasteiger partial charge < -0.3 is 14.7 Å². The molecule has 5 aliphatic heterocycles. The predicted molar refractivity (Wildman–Crippen MR) is 186 cm³/mol. The second kappa shape index (κ2) is 11.6. The Hall–Kier alpha value is -5.91. The zero-order chi connectivity index (χ0) is 35.0. The molecule has 2 atom stereocenters. The summed E-state index contributed by atoms with van der Waals surface area (Å²) in [5, 5.41) is 0.775. The number of imide groups is 1. The average Bonchev–Trinajstić information content (AvgIpc) is 3.80. The number of aromatic amines is 2. The van der Waals surface area contributed by atoms with Crippen LogP contribution in [0, 0.1) is 6.92 Å². The van der Waals surface area contributed by atoms with Crippen molar-refractivity contribution in [3.63, 3.8) is 0 Å². The normalized spacial score (nSPS) is 19.1. The van der Waals surface area contributed by atoms with Crippen molar-refractivity contribution in [3.8, 4) is 0 Å². The highest BCUT2D eigenvalue weighted by molar-refractivity contribution is 6.24. The molecule has 1 fully saturated rings. The van der Waals surface area contributed by atoms with Gasteiger partial charge in [0.05, 0.1) is 45.1 Å². The van der Waals surface area contributed by atoms with E-state index < -0.39 is 29.7 Å². The molecule has 12 nitrogen and oxygen atoms in total. The Bertz CT molecular complexity index is 2330. The first kappa shape index (κ1) is 31.4. The topological polar surface area (TPSA) is 163 Å². The standard InChI is InChI=1S/C38H35N7O5/c1-6-21-17(3)24-14-27-22(7-2)18(4)25(41-27)16-29-35-23(8-9-30(46)50-35)33(43-29)32-34-31(19(5)26(42-34)15-28(21)40-24)37(48)45(38(32)49)44-36(47)20-10-12-39-13-11-20/h10-16,23,35,42-43H,6-9H2,1-5H3,(H,44,47)/t23-,35-/m1/s1. The van der Waals surface area contributed by atoms with Crippen molar-refractivity contribution in [1.82, 2.24) is 35.4 Å². The number of nitrogens with zero attached hydrogens (tertiary/aromatic N) is 4. The Balaban J connectivity index is 1.47. The molecular formula is C38H35N7O5. The molecule has 0 saturated carbocycles. The lowest BCUT2D eigenvalue weighted by Crippen LogP contribution is -2.52. The summed E-state index contributed by atoms with van der Waals surface area (Å²) in [6.45, 7) is 10.1. The summed E-state index contributed by atoms with van der Waals surface area (Å²) in [6.07, 6.45) is 4.28. The maximum Gasteiger partial charge on any atom is 0.306 e. The van der Waals surface area contributed by atoms with E-state index >= 15 is 0 Å². The van der Waals surface area contributed by atoms with E-state index in [-0.39, 0.29) is 29.1 Å². The number of hydrogen-bond donors (Lipinski definition) is 3. The van der Waals surface area contributed by atoms with E-state index in [1.165, 1.54) is 24.5 Å². The van der Waals surface area contributed by atoms with Crippen LogP contribution in [0.5, 0.6) is 0 Å². The Morgan fingerprint density at radius 3 is 2.20 bits per heavy atom. The quantitative estimate of drug-likeness (QED) is 0.209. The molecule has 5 aliphatic rings. The Labute approximate surface area is 287 Å². The Kier molecular flexibility index (Phi) is 7.28. The number of carbonyl (C=O) groups is 4. The maximum atomic E-state index is 14.6. The lowest BCUT2D eigenvalue weighted by molar-refractivity contribution is -0.155. The van der Waals surface area contributed by atoms with Crippen molar-refractivity contribution in [3.05, 3.63) is 99.1 Å². The predicted octanol–water partition coefficient (Wildman–Crippen LogP) is 6.52. The molecule has 3 N–H and O–H groups in total. The molecule has 1 saturated heterocycles. The van der Waals surface area contributed by atoms with Gasteiger partial charge in [0.1, 0.15) is 6.10 Å². The number of nitrogens with one attached hydrogen (secondary N) is 3. The SMILES string of the molecule is CCC1=C(C)c2cc3[nH]c(c4c5[nH]c(cc6nc(cc1n2)C(C)=C6CC)c(C)c5C(=O)N(NC(=O)c1ccncc1)C4=O)[C@H]1CCC(=O)O[C@@H]31. The Morgan fingerprint density at radius 2 is 1.52 bits per heavy atom. The number of hydrogen-bond acceptors (Lipinski definition) is 8. The van der Waals surface area contributed by atoms with Crippen LogP contribution in [-0.4, -0.2) is 53.6 Å². The number of esters is 1. The van der Waals surface area contributed by atoms with Gasteiger partial charge >= 0.3 is 5.97 Å². The largest absolute Gasteiger partial charge is 0.455 e. The molecule has 3 amide bonds. The number of allylic oxidation sites excluding steroid dienone is 4. The minimum absolute atomic E-state index is 0.162. The van der Waals surface area contributed by atoms with Crippen molar-refractivity contribution in [2.75, 3.05) is 0 Å². The summed E-state index contributed by atoms with van der Waals surface area (Å²) < 4.78 is 5.95. The molecule has 0 aromatic carbocycles. The molecule has 8 bridgehead atoms. The van der Waals surface area contributed by atoms with Crippen molar-refractivity contribution < 1.29 is 23.9 Å². The van der Waals surface area contributed by atoms with Crippen LogP contribution < -0.4 is 5.43 Å². The van der Waals surface area contributed by atoms with Crippen molar-refractivity contribution in [1.29, 1.82) is 0 Å². The number of aryl methyl sites for hydroxylation is 1. The van der Waals surface area contributed by atoms with E-state index in [1.54, 1.807) is 0 Å². The lowest BCUT2D eigenvalue weighted by Gasteiger charge is -2.29. The van der Waals surface area contributed by atoms with E-state index in [9.17, 15) is 19.2 Å². The number of hydrazine groups is 1. The van der Waals surface area contributed by atoms with Crippen LogP contribution >= 0.6 is 0 Å². The molecular weight excluding hydrogens is 634 g/mol. The van der Waals surface area contributed by atoms with Crippen LogP contribution in [0.15, 0.2) is 42.7 Å². The van der Waals surface area contributed by atoms with E-state index in [0.717, 1.165) is 62.9 Å². The van der Waals surface area contributed by atoms with Crippen molar-refractivity contribution >= 4 is 57.0 Å². The first-order valence-corrected chi connectivity index (χ1v) is 16.9. The molecule has 3 aromatic rings. The van der Waals surface area contributed by atoms with Gasteiger partial charge in [-0.05, 0) is 98.2 Å². The molecule has 50 heavy (non-hydrogen) atoms. The number of pyridine rings is 1. The second-order valence-electron chi connectivity index (χ2n) is 13.1. The van der Waals surface area contributed by atoms with Gasteiger partial charge in [-0.25, -0.2) is 9.97 Å².